The van der Waals surface area contributed by atoms with Crippen LogP contribution in [0.1, 0.15) is 48.8 Å². The number of benzene rings is 1. The van der Waals surface area contributed by atoms with Gasteiger partial charge in [-0.05, 0) is 69.1 Å². The summed E-state index contributed by atoms with van der Waals surface area (Å²) in [7, 11) is 0. The van der Waals surface area contributed by atoms with Crippen LogP contribution in [0.4, 0.5) is 0 Å². The molecule has 2 bridgehead atoms. The van der Waals surface area contributed by atoms with Crippen LogP contribution in [0.3, 0.4) is 0 Å². The molecule has 0 unspecified atom stereocenters. The fourth-order valence-corrected chi connectivity index (χ4v) is 4.71. The fourth-order valence-electron chi connectivity index (χ4n) is 4.71. The van der Waals surface area contributed by atoms with Crippen molar-refractivity contribution in [3.05, 3.63) is 47.8 Å². The van der Waals surface area contributed by atoms with Gasteiger partial charge in [0.2, 0.25) is 0 Å². The average Bonchev–Trinajstić information content (AvgIpc) is 3.30. The van der Waals surface area contributed by atoms with Crippen LogP contribution in [-0.4, -0.2) is 21.7 Å². The summed E-state index contributed by atoms with van der Waals surface area (Å²) in [5, 5.41) is 7.71. The second kappa shape index (κ2) is 6.08. The van der Waals surface area contributed by atoms with E-state index in [0.717, 1.165) is 23.2 Å². The minimum absolute atomic E-state index is 0.0527. The Labute approximate surface area is 143 Å². The average molecular weight is 323 g/mol. The zero-order valence-corrected chi connectivity index (χ0v) is 14.4. The number of carbonyl (C=O) groups excluding carboxylic acids is 1. The van der Waals surface area contributed by atoms with Crippen LogP contribution in [0.5, 0.6) is 0 Å². The lowest BCUT2D eigenvalue weighted by Crippen LogP contribution is -2.40. The van der Waals surface area contributed by atoms with Crippen molar-refractivity contribution in [2.45, 2.75) is 45.6 Å². The van der Waals surface area contributed by atoms with Gasteiger partial charge in [0, 0.05) is 11.7 Å². The predicted molar refractivity (Wildman–Crippen MR) is 94.2 cm³/mol. The number of carbonyl (C=O) groups is 1. The van der Waals surface area contributed by atoms with Crippen molar-refractivity contribution >= 4 is 5.91 Å². The highest BCUT2D eigenvalue weighted by Gasteiger charge is 2.42. The van der Waals surface area contributed by atoms with E-state index in [4.69, 9.17) is 0 Å². The van der Waals surface area contributed by atoms with E-state index in [0.29, 0.717) is 11.6 Å². The molecule has 0 saturated heterocycles. The monoisotopic (exact) mass is 323 g/mol. The van der Waals surface area contributed by atoms with Crippen molar-refractivity contribution in [2.75, 3.05) is 0 Å². The summed E-state index contributed by atoms with van der Waals surface area (Å²) in [6.45, 7) is 4.14. The van der Waals surface area contributed by atoms with Crippen LogP contribution >= 0.6 is 0 Å². The first-order valence-electron chi connectivity index (χ1n) is 9.05. The Kier molecular flexibility index (Phi) is 3.91. The molecule has 2 aliphatic rings. The van der Waals surface area contributed by atoms with Crippen molar-refractivity contribution in [1.29, 1.82) is 0 Å². The topological polar surface area (TPSA) is 46.9 Å². The number of aryl methyl sites for hydroxylation is 1. The lowest BCUT2D eigenvalue weighted by Gasteiger charge is -2.28. The first kappa shape index (κ1) is 15.4. The minimum Gasteiger partial charge on any atom is -0.348 e. The Bertz CT molecular complexity index is 737. The van der Waals surface area contributed by atoms with E-state index in [9.17, 15) is 4.79 Å². The summed E-state index contributed by atoms with van der Waals surface area (Å²) < 4.78 is 1.83. The van der Waals surface area contributed by atoms with E-state index in [1.54, 1.807) is 0 Å². The molecule has 0 radical (unpaired) electrons. The van der Waals surface area contributed by atoms with Crippen LogP contribution in [-0.2, 0) is 0 Å². The van der Waals surface area contributed by atoms with Crippen molar-refractivity contribution in [3.8, 4) is 5.69 Å². The van der Waals surface area contributed by atoms with Crippen molar-refractivity contribution in [2.24, 2.45) is 17.8 Å². The molecule has 2 saturated carbocycles. The molecule has 1 aromatic carbocycles. The van der Waals surface area contributed by atoms with Gasteiger partial charge in [-0.2, -0.15) is 5.10 Å². The van der Waals surface area contributed by atoms with Gasteiger partial charge in [0.1, 0.15) is 0 Å². The molecule has 126 valence electrons. The highest BCUT2D eigenvalue weighted by molar-refractivity contribution is 5.92. The Morgan fingerprint density at radius 3 is 2.71 bits per heavy atom. The molecule has 2 fully saturated rings. The molecule has 4 rings (SSSR count). The largest absolute Gasteiger partial charge is 0.348 e. The Morgan fingerprint density at radius 2 is 2.04 bits per heavy atom. The summed E-state index contributed by atoms with van der Waals surface area (Å²) in [6.07, 6.45) is 5.38. The fraction of sp³-hybridized carbons (Fsp3) is 0.500. The Hall–Kier alpha value is -2.10. The second-order valence-electron chi connectivity index (χ2n) is 7.52. The molecule has 2 aromatic rings. The number of hydrogen-bond donors (Lipinski definition) is 1. The van der Waals surface area contributed by atoms with Gasteiger partial charge < -0.3 is 5.32 Å². The smallest absolute Gasteiger partial charge is 0.272 e. The zero-order chi connectivity index (χ0) is 16.7. The maximum Gasteiger partial charge on any atom is 0.272 e. The molecule has 1 heterocycles. The minimum atomic E-state index is -0.0527. The summed E-state index contributed by atoms with van der Waals surface area (Å²) in [5.74, 6) is 2.31. The highest BCUT2D eigenvalue weighted by Crippen LogP contribution is 2.49. The molecule has 0 aliphatic heterocycles. The third kappa shape index (κ3) is 2.74. The molecular formula is C20H25N3O. The predicted octanol–water partition coefficient (Wildman–Crippen LogP) is 3.74. The van der Waals surface area contributed by atoms with E-state index in [1.165, 1.54) is 25.7 Å². The maximum absolute atomic E-state index is 12.6. The van der Waals surface area contributed by atoms with Gasteiger partial charge >= 0.3 is 0 Å². The molecule has 1 aromatic heterocycles. The number of para-hydroxylation sites is 1. The Balaban J connectivity index is 1.47. The third-order valence-electron chi connectivity index (χ3n) is 5.91. The number of nitrogens with zero attached hydrogens (tertiary/aromatic N) is 2. The number of hydrogen-bond acceptors (Lipinski definition) is 2. The van der Waals surface area contributed by atoms with Crippen LogP contribution < -0.4 is 5.32 Å². The van der Waals surface area contributed by atoms with Gasteiger partial charge in [0.25, 0.3) is 5.91 Å². The zero-order valence-electron chi connectivity index (χ0n) is 14.4. The number of nitrogens with one attached hydrogen (secondary N) is 1. The molecular weight excluding hydrogens is 298 g/mol. The number of fused-ring (bicyclic) bond motifs is 2. The SMILES string of the molecule is Cc1cc(C(=O)N[C@H](C)[C@H]2C[C@H]3CC[C@H]2C3)nn1-c1ccccc1. The van der Waals surface area contributed by atoms with Gasteiger partial charge in [-0.3, -0.25) is 4.79 Å². The first-order chi connectivity index (χ1) is 11.6. The second-order valence-corrected chi connectivity index (χ2v) is 7.52. The van der Waals surface area contributed by atoms with E-state index < -0.39 is 0 Å². The molecule has 2 aliphatic carbocycles. The van der Waals surface area contributed by atoms with Gasteiger partial charge in [-0.15, -0.1) is 0 Å². The standard InChI is InChI=1S/C20H25N3O/c1-13-10-19(22-23(13)17-6-4-3-5-7-17)20(24)21-14(2)18-12-15-8-9-16(18)11-15/h3-7,10,14-16,18H,8-9,11-12H2,1-2H3,(H,21,24)/t14-,15+,16+,18-/m1/s1. The number of rotatable bonds is 4. The molecule has 1 amide bonds. The number of aromatic nitrogens is 2. The molecule has 0 spiro atoms. The van der Waals surface area contributed by atoms with Crippen LogP contribution in [0, 0.1) is 24.7 Å². The van der Waals surface area contributed by atoms with Crippen LogP contribution in [0.15, 0.2) is 36.4 Å². The molecule has 24 heavy (non-hydrogen) atoms. The molecule has 1 N–H and O–H groups in total. The van der Waals surface area contributed by atoms with E-state index in [-0.39, 0.29) is 11.9 Å². The van der Waals surface area contributed by atoms with E-state index >= 15 is 0 Å². The highest BCUT2D eigenvalue weighted by atomic mass is 16.2. The van der Waals surface area contributed by atoms with Gasteiger partial charge in [-0.25, -0.2) is 4.68 Å². The van der Waals surface area contributed by atoms with Crippen molar-refractivity contribution in [1.82, 2.24) is 15.1 Å². The van der Waals surface area contributed by atoms with Crippen molar-refractivity contribution in [3.63, 3.8) is 0 Å². The van der Waals surface area contributed by atoms with Gasteiger partial charge in [0.15, 0.2) is 5.69 Å². The molecule has 4 heteroatoms. The van der Waals surface area contributed by atoms with E-state index in [1.807, 2.05) is 48.0 Å². The van der Waals surface area contributed by atoms with E-state index in [2.05, 4.69) is 17.3 Å². The lowest BCUT2D eigenvalue weighted by atomic mass is 9.84. The summed E-state index contributed by atoms with van der Waals surface area (Å²) in [5.41, 5.74) is 2.46. The normalized spacial score (nSPS) is 26.5. The van der Waals surface area contributed by atoms with Gasteiger partial charge in [-0.1, -0.05) is 24.6 Å². The quantitative estimate of drug-likeness (QED) is 0.932. The maximum atomic E-state index is 12.6. The van der Waals surface area contributed by atoms with Crippen LogP contribution in [0.2, 0.25) is 0 Å². The van der Waals surface area contributed by atoms with Crippen LogP contribution in [0.25, 0.3) is 5.69 Å². The van der Waals surface area contributed by atoms with Gasteiger partial charge in [0.05, 0.1) is 5.69 Å². The summed E-state index contributed by atoms with van der Waals surface area (Å²) in [6, 6.07) is 12.0. The Morgan fingerprint density at radius 1 is 1.25 bits per heavy atom. The lowest BCUT2D eigenvalue weighted by molar-refractivity contribution is 0.0910. The summed E-state index contributed by atoms with van der Waals surface area (Å²) >= 11 is 0. The number of amides is 1. The molecule has 4 atom stereocenters. The summed E-state index contributed by atoms with van der Waals surface area (Å²) in [4.78, 5) is 12.6. The third-order valence-corrected chi connectivity index (χ3v) is 5.91. The molecule has 4 nitrogen and oxygen atoms in total. The first-order valence-corrected chi connectivity index (χ1v) is 9.05. The van der Waals surface area contributed by atoms with Crippen molar-refractivity contribution < 1.29 is 4.79 Å².